The maximum atomic E-state index is 3.07. The molecule has 62 valence electrons. The van der Waals surface area contributed by atoms with Gasteiger partial charge in [-0.15, -0.1) is 0 Å². The van der Waals surface area contributed by atoms with Crippen LogP contribution in [-0.2, 0) is 0 Å². The van der Waals surface area contributed by atoms with Crippen LogP contribution in [0.4, 0.5) is 0 Å². The molecular formula is C10H12N2. The van der Waals surface area contributed by atoms with E-state index < -0.39 is 0 Å². The molecule has 0 atom stereocenters. The monoisotopic (exact) mass is 160 g/mol. The molecule has 0 aliphatic carbocycles. The van der Waals surface area contributed by atoms with Gasteiger partial charge in [0, 0.05) is 13.1 Å². The maximum Gasteiger partial charge on any atom is 0.0326 e. The van der Waals surface area contributed by atoms with E-state index in [1.54, 1.807) is 0 Å². The molecule has 0 spiro atoms. The van der Waals surface area contributed by atoms with Crippen molar-refractivity contribution in [3.8, 4) is 0 Å². The number of rotatable bonds is 1. The smallest absolute Gasteiger partial charge is 0.0326 e. The summed E-state index contributed by atoms with van der Waals surface area (Å²) in [5, 5.41) is 0. The minimum Gasteiger partial charge on any atom is -0.253 e. The first-order chi connectivity index (χ1) is 5.95. The van der Waals surface area contributed by atoms with Crippen molar-refractivity contribution in [1.29, 1.82) is 0 Å². The molecule has 0 bridgehead atoms. The molecule has 1 saturated heterocycles. The van der Waals surface area contributed by atoms with Gasteiger partial charge in [0.05, 0.1) is 0 Å². The lowest BCUT2D eigenvalue weighted by atomic mass is 10.1. The summed E-state index contributed by atoms with van der Waals surface area (Å²) in [7, 11) is 0. The fourth-order valence-corrected chi connectivity index (χ4v) is 1.30. The van der Waals surface area contributed by atoms with Crippen molar-refractivity contribution in [2.24, 2.45) is 0 Å². The third-order valence-electron chi connectivity index (χ3n) is 1.93. The topological polar surface area (TPSA) is 24.1 Å². The van der Waals surface area contributed by atoms with Crippen molar-refractivity contribution in [2.45, 2.75) is 0 Å². The number of hydrogen-bond acceptors (Lipinski definition) is 2. The summed E-state index contributed by atoms with van der Waals surface area (Å²) in [6.07, 6.45) is 2.22. The van der Waals surface area contributed by atoms with E-state index in [0.717, 1.165) is 13.1 Å². The van der Waals surface area contributed by atoms with E-state index in [0.29, 0.717) is 0 Å². The van der Waals surface area contributed by atoms with Crippen molar-refractivity contribution in [1.82, 2.24) is 10.9 Å². The van der Waals surface area contributed by atoms with E-state index in [-0.39, 0.29) is 0 Å². The molecule has 2 heteroatoms. The van der Waals surface area contributed by atoms with Gasteiger partial charge in [0.25, 0.3) is 0 Å². The molecule has 1 aliphatic rings. The summed E-state index contributed by atoms with van der Waals surface area (Å²) in [4.78, 5) is 0. The van der Waals surface area contributed by atoms with Gasteiger partial charge >= 0.3 is 0 Å². The minimum atomic E-state index is 0.953. The predicted octanol–water partition coefficient (Wildman–Crippen LogP) is 1.18. The number of nitrogens with one attached hydrogen (secondary N) is 2. The van der Waals surface area contributed by atoms with Crippen LogP contribution in [0, 0.1) is 0 Å². The molecule has 2 rings (SSSR count). The van der Waals surface area contributed by atoms with Gasteiger partial charge in [-0.2, -0.15) is 0 Å². The van der Waals surface area contributed by atoms with Crippen molar-refractivity contribution in [3.05, 3.63) is 41.5 Å². The Morgan fingerprint density at radius 2 is 1.67 bits per heavy atom. The first kappa shape index (κ1) is 7.53. The van der Waals surface area contributed by atoms with Crippen molar-refractivity contribution < 1.29 is 0 Å². The van der Waals surface area contributed by atoms with Crippen molar-refractivity contribution >= 4 is 6.08 Å². The second kappa shape index (κ2) is 3.52. The van der Waals surface area contributed by atoms with Gasteiger partial charge in [0.1, 0.15) is 0 Å². The Morgan fingerprint density at radius 3 is 2.33 bits per heavy atom. The normalized spacial score (nSPS) is 16.5. The fourth-order valence-electron chi connectivity index (χ4n) is 1.30. The average molecular weight is 160 g/mol. The van der Waals surface area contributed by atoms with Gasteiger partial charge in [-0.25, -0.2) is 0 Å². The van der Waals surface area contributed by atoms with Crippen molar-refractivity contribution in [3.63, 3.8) is 0 Å². The molecule has 2 N–H and O–H groups in total. The van der Waals surface area contributed by atoms with Crippen LogP contribution < -0.4 is 10.9 Å². The molecule has 12 heavy (non-hydrogen) atoms. The summed E-state index contributed by atoms with van der Waals surface area (Å²) in [5.41, 5.74) is 8.83. The third kappa shape index (κ3) is 1.72. The molecule has 1 fully saturated rings. The quantitative estimate of drug-likeness (QED) is 0.644. The number of benzene rings is 1. The Kier molecular flexibility index (Phi) is 2.21. The minimum absolute atomic E-state index is 0.953. The van der Waals surface area contributed by atoms with E-state index in [4.69, 9.17) is 0 Å². The standard InChI is InChI=1S/C10H12N2/c1-2-4-9(5-3-1)6-10-7-11-12-8-10/h1-6,11-12H,7-8H2. The van der Waals surface area contributed by atoms with Crippen molar-refractivity contribution in [2.75, 3.05) is 13.1 Å². The highest BCUT2D eigenvalue weighted by Crippen LogP contribution is 2.06. The summed E-state index contributed by atoms with van der Waals surface area (Å²) in [6, 6.07) is 10.4. The Labute approximate surface area is 72.3 Å². The van der Waals surface area contributed by atoms with Gasteiger partial charge in [-0.3, -0.25) is 10.9 Å². The molecule has 0 radical (unpaired) electrons. The molecule has 0 saturated carbocycles. The fraction of sp³-hybridized carbons (Fsp3) is 0.200. The lowest BCUT2D eigenvalue weighted by Gasteiger charge is -1.94. The molecule has 1 aromatic rings. The van der Waals surface area contributed by atoms with Gasteiger partial charge in [0.15, 0.2) is 0 Å². The Bertz CT molecular complexity index is 269. The molecule has 0 amide bonds. The van der Waals surface area contributed by atoms with Crippen LogP contribution >= 0.6 is 0 Å². The Hall–Kier alpha value is -1.12. The van der Waals surface area contributed by atoms with Crippen LogP contribution in [0.1, 0.15) is 5.56 Å². The van der Waals surface area contributed by atoms with Crippen LogP contribution in [-0.4, -0.2) is 13.1 Å². The molecule has 0 unspecified atom stereocenters. The van der Waals surface area contributed by atoms with E-state index in [2.05, 4.69) is 41.2 Å². The Morgan fingerprint density at radius 1 is 1.00 bits per heavy atom. The zero-order valence-electron chi connectivity index (χ0n) is 6.88. The second-order valence-electron chi connectivity index (χ2n) is 2.92. The molecule has 1 heterocycles. The van der Waals surface area contributed by atoms with E-state index in [9.17, 15) is 0 Å². The second-order valence-corrected chi connectivity index (χ2v) is 2.92. The summed E-state index contributed by atoms with van der Waals surface area (Å²) >= 11 is 0. The van der Waals surface area contributed by atoms with Gasteiger partial charge in [0.2, 0.25) is 0 Å². The summed E-state index contributed by atoms with van der Waals surface area (Å²) < 4.78 is 0. The SMILES string of the molecule is C(=C1CNNC1)c1ccccc1. The zero-order chi connectivity index (χ0) is 8.23. The lowest BCUT2D eigenvalue weighted by molar-refractivity contribution is 0.689. The molecule has 2 nitrogen and oxygen atoms in total. The van der Waals surface area contributed by atoms with Crippen LogP contribution in [0.5, 0.6) is 0 Å². The molecule has 0 aromatic heterocycles. The highest BCUT2D eigenvalue weighted by molar-refractivity contribution is 5.53. The first-order valence-electron chi connectivity index (χ1n) is 4.15. The van der Waals surface area contributed by atoms with Gasteiger partial charge in [-0.1, -0.05) is 36.4 Å². The largest absolute Gasteiger partial charge is 0.253 e. The number of hydrogen-bond donors (Lipinski definition) is 2. The molecular weight excluding hydrogens is 148 g/mol. The third-order valence-corrected chi connectivity index (χ3v) is 1.93. The highest BCUT2D eigenvalue weighted by atomic mass is 15.4. The zero-order valence-corrected chi connectivity index (χ0v) is 6.88. The predicted molar refractivity (Wildman–Crippen MR) is 50.4 cm³/mol. The molecule has 1 aromatic carbocycles. The lowest BCUT2D eigenvalue weighted by Crippen LogP contribution is -2.21. The maximum absolute atomic E-state index is 3.07. The van der Waals surface area contributed by atoms with Gasteiger partial charge in [-0.05, 0) is 11.1 Å². The van der Waals surface area contributed by atoms with Crippen LogP contribution in [0.15, 0.2) is 35.9 Å². The summed E-state index contributed by atoms with van der Waals surface area (Å²) in [6.45, 7) is 1.91. The Balaban J connectivity index is 2.16. The van der Waals surface area contributed by atoms with E-state index >= 15 is 0 Å². The average Bonchev–Trinajstić information content (AvgIpc) is 2.59. The highest BCUT2D eigenvalue weighted by Gasteiger charge is 2.03. The van der Waals surface area contributed by atoms with Gasteiger partial charge < -0.3 is 0 Å². The summed E-state index contributed by atoms with van der Waals surface area (Å²) in [5.74, 6) is 0. The van der Waals surface area contributed by atoms with Crippen LogP contribution in [0.25, 0.3) is 6.08 Å². The van der Waals surface area contributed by atoms with E-state index in [1.165, 1.54) is 11.1 Å². The number of hydrazine groups is 1. The van der Waals surface area contributed by atoms with E-state index in [1.807, 2.05) is 6.07 Å². The molecule has 1 aliphatic heterocycles. The first-order valence-corrected chi connectivity index (χ1v) is 4.15. The van der Waals surface area contributed by atoms with Crippen LogP contribution in [0.3, 0.4) is 0 Å². The van der Waals surface area contributed by atoms with Crippen LogP contribution in [0.2, 0.25) is 0 Å².